The van der Waals surface area contributed by atoms with E-state index in [2.05, 4.69) is 31.9 Å². The van der Waals surface area contributed by atoms with Gasteiger partial charge in [0.05, 0.1) is 9.50 Å². The summed E-state index contributed by atoms with van der Waals surface area (Å²) in [5.74, 6) is 0.258. The van der Waals surface area contributed by atoms with Crippen molar-refractivity contribution in [2.75, 3.05) is 0 Å². The zero-order valence-corrected chi connectivity index (χ0v) is 13.0. The van der Waals surface area contributed by atoms with Crippen LogP contribution >= 0.6 is 43.5 Å². The Labute approximate surface area is 126 Å². The molecule has 0 unspecified atom stereocenters. The standard InChI is InChI=1S/C13H8Br2ClFO/c14-9-4-5-12(10(16)6-9)18-7-8-2-1-3-11(17)13(8)15/h1-6H,7H2. The van der Waals surface area contributed by atoms with Crippen molar-refractivity contribution in [3.63, 3.8) is 0 Å². The van der Waals surface area contributed by atoms with Gasteiger partial charge < -0.3 is 4.74 Å². The molecule has 0 aromatic heterocycles. The molecule has 0 aliphatic heterocycles. The summed E-state index contributed by atoms with van der Waals surface area (Å²) in [6, 6.07) is 10.2. The van der Waals surface area contributed by atoms with E-state index < -0.39 is 0 Å². The van der Waals surface area contributed by atoms with E-state index in [4.69, 9.17) is 16.3 Å². The summed E-state index contributed by atoms with van der Waals surface area (Å²) in [7, 11) is 0. The average Bonchev–Trinajstić information content (AvgIpc) is 2.33. The number of halogens is 4. The summed E-state index contributed by atoms with van der Waals surface area (Å²) in [4.78, 5) is 0. The molecular weight excluding hydrogens is 386 g/mol. The van der Waals surface area contributed by atoms with Crippen LogP contribution in [0.1, 0.15) is 5.56 Å². The smallest absolute Gasteiger partial charge is 0.138 e. The van der Waals surface area contributed by atoms with Crippen molar-refractivity contribution in [1.82, 2.24) is 0 Å². The average molecular weight is 394 g/mol. The minimum atomic E-state index is -0.307. The minimum Gasteiger partial charge on any atom is -0.487 e. The monoisotopic (exact) mass is 392 g/mol. The van der Waals surface area contributed by atoms with Gasteiger partial charge in [0.25, 0.3) is 0 Å². The summed E-state index contributed by atoms with van der Waals surface area (Å²) in [5, 5.41) is 0.511. The molecular formula is C13H8Br2ClFO. The fourth-order valence-electron chi connectivity index (χ4n) is 1.41. The van der Waals surface area contributed by atoms with Crippen molar-refractivity contribution in [2.45, 2.75) is 6.61 Å². The molecule has 94 valence electrons. The summed E-state index contributed by atoms with van der Waals surface area (Å²) < 4.78 is 20.2. The third-order valence-electron chi connectivity index (χ3n) is 2.31. The van der Waals surface area contributed by atoms with Crippen molar-refractivity contribution in [3.05, 3.63) is 61.7 Å². The fourth-order valence-corrected chi connectivity index (χ4v) is 2.51. The van der Waals surface area contributed by atoms with Gasteiger partial charge in [0.15, 0.2) is 0 Å². The fraction of sp³-hybridized carbons (Fsp3) is 0.0769. The van der Waals surface area contributed by atoms with Crippen LogP contribution in [0.5, 0.6) is 5.75 Å². The molecule has 2 rings (SSSR count). The Hall–Kier alpha value is -0.580. The Bertz CT molecular complexity index is 575. The SMILES string of the molecule is Fc1cccc(COc2ccc(Br)cc2Cl)c1Br. The number of hydrogen-bond donors (Lipinski definition) is 0. The predicted molar refractivity (Wildman–Crippen MR) is 77.6 cm³/mol. The van der Waals surface area contributed by atoms with E-state index in [0.29, 0.717) is 15.2 Å². The van der Waals surface area contributed by atoms with E-state index in [1.165, 1.54) is 6.07 Å². The lowest BCUT2D eigenvalue weighted by molar-refractivity contribution is 0.305. The molecule has 18 heavy (non-hydrogen) atoms. The lowest BCUT2D eigenvalue weighted by Crippen LogP contribution is -1.98. The highest BCUT2D eigenvalue weighted by Gasteiger charge is 2.07. The summed E-state index contributed by atoms with van der Waals surface area (Å²) >= 11 is 12.5. The Morgan fingerprint density at radius 1 is 1.17 bits per heavy atom. The molecule has 5 heteroatoms. The van der Waals surface area contributed by atoms with Crippen LogP contribution in [-0.4, -0.2) is 0 Å². The molecule has 2 aromatic carbocycles. The van der Waals surface area contributed by atoms with Gasteiger partial charge in [0.1, 0.15) is 18.2 Å². The summed E-state index contributed by atoms with van der Waals surface area (Å²) in [5.41, 5.74) is 0.731. The van der Waals surface area contributed by atoms with Crippen molar-refractivity contribution in [1.29, 1.82) is 0 Å². The Morgan fingerprint density at radius 2 is 1.94 bits per heavy atom. The van der Waals surface area contributed by atoms with Gasteiger partial charge in [-0.05, 0) is 40.2 Å². The zero-order chi connectivity index (χ0) is 13.1. The molecule has 0 fully saturated rings. The first kappa shape index (κ1) is 13.8. The predicted octanol–water partition coefficient (Wildman–Crippen LogP) is 5.58. The van der Waals surface area contributed by atoms with E-state index in [1.54, 1.807) is 24.3 Å². The number of rotatable bonds is 3. The van der Waals surface area contributed by atoms with Crippen molar-refractivity contribution in [3.8, 4) is 5.75 Å². The van der Waals surface area contributed by atoms with Crippen LogP contribution in [0, 0.1) is 5.82 Å². The van der Waals surface area contributed by atoms with Gasteiger partial charge in [0.2, 0.25) is 0 Å². The van der Waals surface area contributed by atoms with Crippen molar-refractivity contribution in [2.24, 2.45) is 0 Å². The molecule has 0 atom stereocenters. The maximum Gasteiger partial charge on any atom is 0.138 e. The zero-order valence-electron chi connectivity index (χ0n) is 9.09. The molecule has 0 heterocycles. The van der Waals surface area contributed by atoms with Gasteiger partial charge in [-0.3, -0.25) is 0 Å². The Kier molecular flexibility index (Phi) is 4.65. The third-order valence-corrected chi connectivity index (χ3v) is 3.99. The molecule has 0 aliphatic carbocycles. The maximum atomic E-state index is 13.3. The lowest BCUT2D eigenvalue weighted by Gasteiger charge is -2.10. The van der Waals surface area contributed by atoms with Crippen LogP contribution in [0.2, 0.25) is 5.02 Å². The highest BCUT2D eigenvalue weighted by Crippen LogP contribution is 2.29. The van der Waals surface area contributed by atoms with Crippen LogP contribution in [0.3, 0.4) is 0 Å². The van der Waals surface area contributed by atoms with Gasteiger partial charge in [-0.2, -0.15) is 0 Å². The van der Waals surface area contributed by atoms with Crippen LogP contribution < -0.4 is 4.74 Å². The first-order chi connectivity index (χ1) is 8.58. The molecule has 0 N–H and O–H groups in total. The molecule has 0 spiro atoms. The number of ether oxygens (including phenoxy) is 1. The van der Waals surface area contributed by atoms with Crippen LogP contribution in [0.4, 0.5) is 4.39 Å². The normalized spacial score (nSPS) is 10.4. The molecule has 1 nitrogen and oxygen atoms in total. The van der Waals surface area contributed by atoms with Crippen LogP contribution in [0.25, 0.3) is 0 Å². The van der Waals surface area contributed by atoms with Crippen molar-refractivity contribution >= 4 is 43.5 Å². The number of hydrogen-bond acceptors (Lipinski definition) is 1. The second-order valence-corrected chi connectivity index (χ2v) is 5.69. The molecule has 0 amide bonds. The van der Waals surface area contributed by atoms with E-state index in [1.807, 2.05) is 6.07 Å². The lowest BCUT2D eigenvalue weighted by atomic mass is 10.2. The van der Waals surface area contributed by atoms with Gasteiger partial charge in [-0.15, -0.1) is 0 Å². The van der Waals surface area contributed by atoms with Gasteiger partial charge in [-0.1, -0.05) is 39.7 Å². The molecule has 0 saturated carbocycles. The van der Waals surface area contributed by atoms with Crippen LogP contribution in [-0.2, 0) is 6.61 Å². The highest BCUT2D eigenvalue weighted by atomic mass is 79.9. The van der Waals surface area contributed by atoms with Gasteiger partial charge >= 0.3 is 0 Å². The minimum absolute atomic E-state index is 0.250. The quantitative estimate of drug-likeness (QED) is 0.660. The number of benzene rings is 2. The summed E-state index contributed by atoms with van der Waals surface area (Å²) in [6.45, 7) is 0.250. The molecule has 0 aliphatic rings. The van der Waals surface area contributed by atoms with E-state index in [9.17, 15) is 4.39 Å². The second-order valence-electron chi connectivity index (χ2n) is 3.58. The van der Waals surface area contributed by atoms with Gasteiger partial charge in [0, 0.05) is 10.0 Å². The molecule has 0 radical (unpaired) electrons. The Morgan fingerprint density at radius 3 is 2.67 bits per heavy atom. The summed E-state index contributed by atoms with van der Waals surface area (Å²) in [6.07, 6.45) is 0. The van der Waals surface area contributed by atoms with E-state index in [0.717, 1.165) is 10.0 Å². The largest absolute Gasteiger partial charge is 0.487 e. The van der Waals surface area contributed by atoms with E-state index >= 15 is 0 Å². The van der Waals surface area contributed by atoms with Crippen molar-refractivity contribution < 1.29 is 9.13 Å². The van der Waals surface area contributed by atoms with E-state index in [-0.39, 0.29) is 12.4 Å². The maximum absolute atomic E-state index is 13.3. The first-order valence-electron chi connectivity index (χ1n) is 5.08. The molecule has 0 saturated heterocycles. The topological polar surface area (TPSA) is 9.23 Å². The molecule has 2 aromatic rings. The third kappa shape index (κ3) is 3.25. The molecule has 0 bridgehead atoms. The second kappa shape index (κ2) is 6.04. The van der Waals surface area contributed by atoms with Crippen LogP contribution in [0.15, 0.2) is 45.3 Å². The van der Waals surface area contributed by atoms with Gasteiger partial charge in [-0.25, -0.2) is 4.39 Å². The first-order valence-corrected chi connectivity index (χ1v) is 7.05. The Balaban J connectivity index is 2.14. The highest BCUT2D eigenvalue weighted by molar-refractivity contribution is 9.10.